The van der Waals surface area contributed by atoms with Gasteiger partial charge >= 0.3 is 0 Å². The standard InChI is InChI=1S/C12H19NO2/c1-9-8-10(4-5-12(9)15-3)11(13-2)6-7-14/h4-5,8,11,13-14H,6-7H2,1-3H3. The predicted octanol–water partition coefficient (Wildman–Crippen LogP) is 1.65. The average molecular weight is 209 g/mol. The van der Waals surface area contributed by atoms with Crippen LogP contribution in [0.2, 0.25) is 0 Å². The molecule has 0 saturated heterocycles. The molecule has 0 bridgehead atoms. The third-order valence-electron chi connectivity index (χ3n) is 2.59. The van der Waals surface area contributed by atoms with Crippen molar-refractivity contribution in [3.8, 4) is 5.75 Å². The first kappa shape index (κ1) is 12.0. The maximum atomic E-state index is 8.93. The van der Waals surface area contributed by atoms with Crippen molar-refractivity contribution in [2.75, 3.05) is 20.8 Å². The quantitative estimate of drug-likeness (QED) is 0.774. The Balaban J connectivity index is 2.89. The molecule has 3 heteroatoms. The maximum Gasteiger partial charge on any atom is 0.121 e. The zero-order valence-electron chi connectivity index (χ0n) is 9.58. The molecule has 0 aromatic heterocycles. The van der Waals surface area contributed by atoms with Crippen LogP contribution >= 0.6 is 0 Å². The second-order valence-electron chi connectivity index (χ2n) is 3.58. The van der Waals surface area contributed by atoms with Crippen molar-refractivity contribution in [1.82, 2.24) is 5.32 Å². The molecule has 0 radical (unpaired) electrons. The number of aliphatic hydroxyl groups excluding tert-OH is 1. The number of benzene rings is 1. The van der Waals surface area contributed by atoms with E-state index in [1.165, 1.54) is 5.56 Å². The summed E-state index contributed by atoms with van der Waals surface area (Å²) in [5, 5.41) is 12.1. The Labute approximate surface area is 91.1 Å². The Kier molecular flexibility index (Phi) is 4.59. The highest BCUT2D eigenvalue weighted by Crippen LogP contribution is 2.23. The van der Waals surface area contributed by atoms with Gasteiger partial charge in [-0.25, -0.2) is 0 Å². The summed E-state index contributed by atoms with van der Waals surface area (Å²) < 4.78 is 5.20. The molecule has 1 rings (SSSR count). The molecule has 1 aromatic rings. The molecular weight excluding hydrogens is 190 g/mol. The minimum absolute atomic E-state index is 0.191. The van der Waals surface area contributed by atoms with Crippen molar-refractivity contribution in [3.63, 3.8) is 0 Å². The maximum absolute atomic E-state index is 8.93. The van der Waals surface area contributed by atoms with Crippen LogP contribution in [0.3, 0.4) is 0 Å². The summed E-state index contributed by atoms with van der Waals surface area (Å²) in [6.45, 7) is 2.21. The second-order valence-corrected chi connectivity index (χ2v) is 3.58. The monoisotopic (exact) mass is 209 g/mol. The number of ether oxygens (including phenoxy) is 1. The molecule has 0 saturated carbocycles. The number of nitrogens with one attached hydrogen (secondary N) is 1. The van der Waals surface area contributed by atoms with Crippen LogP contribution in [0.5, 0.6) is 5.75 Å². The van der Waals surface area contributed by atoms with Crippen molar-refractivity contribution in [2.24, 2.45) is 0 Å². The van der Waals surface area contributed by atoms with E-state index in [9.17, 15) is 0 Å². The lowest BCUT2D eigenvalue weighted by Crippen LogP contribution is -2.17. The van der Waals surface area contributed by atoms with Crippen molar-refractivity contribution >= 4 is 0 Å². The van der Waals surface area contributed by atoms with E-state index in [1.807, 2.05) is 26.1 Å². The van der Waals surface area contributed by atoms with E-state index in [0.717, 1.165) is 17.7 Å². The van der Waals surface area contributed by atoms with Gasteiger partial charge in [-0.05, 0) is 37.6 Å². The molecule has 84 valence electrons. The van der Waals surface area contributed by atoms with Crippen LogP contribution in [0.15, 0.2) is 18.2 Å². The van der Waals surface area contributed by atoms with Crippen molar-refractivity contribution < 1.29 is 9.84 Å². The lowest BCUT2D eigenvalue weighted by molar-refractivity contribution is 0.268. The number of hydrogen-bond donors (Lipinski definition) is 2. The van der Waals surface area contributed by atoms with E-state index in [1.54, 1.807) is 7.11 Å². The highest BCUT2D eigenvalue weighted by atomic mass is 16.5. The Morgan fingerprint density at radius 1 is 1.47 bits per heavy atom. The van der Waals surface area contributed by atoms with Gasteiger partial charge in [0, 0.05) is 12.6 Å². The lowest BCUT2D eigenvalue weighted by atomic mass is 10.0. The van der Waals surface area contributed by atoms with Crippen LogP contribution in [-0.2, 0) is 0 Å². The molecule has 1 atom stereocenters. The SMILES string of the molecule is CNC(CCO)c1ccc(OC)c(C)c1. The van der Waals surface area contributed by atoms with E-state index in [-0.39, 0.29) is 12.6 Å². The number of hydrogen-bond acceptors (Lipinski definition) is 3. The van der Waals surface area contributed by atoms with Gasteiger partial charge in [-0.3, -0.25) is 0 Å². The minimum atomic E-state index is 0.191. The number of methoxy groups -OCH3 is 1. The van der Waals surface area contributed by atoms with Crippen molar-refractivity contribution in [1.29, 1.82) is 0 Å². The molecule has 15 heavy (non-hydrogen) atoms. The van der Waals surface area contributed by atoms with Crippen LogP contribution in [0.4, 0.5) is 0 Å². The third kappa shape index (κ3) is 2.94. The first-order valence-electron chi connectivity index (χ1n) is 5.15. The molecular formula is C12H19NO2. The van der Waals surface area contributed by atoms with Gasteiger partial charge in [0.1, 0.15) is 5.75 Å². The normalized spacial score (nSPS) is 12.5. The Morgan fingerprint density at radius 2 is 2.20 bits per heavy atom. The first-order valence-corrected chi connectivity index (χ1v) is 5.15. The summed E-state index contributed by atoms with van der Waals surface area (Å²) in [6, 6.07) is 6.30. The summed E-state index contributed by atoms with van der Waals surface area (Å²) in [6.07, 6.45) is 0.724. The highest BCUT2D eigenvalue weighted by Gasteiger charge is 2.09. The molecule has 0 aliphatic heterocycles. The predicted molar refractivity (Wildman–Crippen MR) is 61.2 cm³/mol. The van der Waals surface area contributed by atoms with Crippen LogP contribution in [0.25, 0.3) is 0 Å². The largest absolute Gasteiger partial charge is 0.496 e. The molecule has 2 N–H and O–H groups in total. The average Bonchev–Trinajstić information content (AvgIpc) is 2.25. The van der Waals surface area contributed by atoms with Gasteiger partial charge in [0.15, 0.2) is 0 Å². The summed E-state index contributed by atoms with van der Waals surface area (Å²) >= 11 is 0. The molecule has 0 amide bonds. The number of rotatable bonds is 5. The fraction of sp³-hybridized carbons (Fsp3) is 0.500. The van der Waals surface area contributed by atoms with Crippen molar-refractivity contribution in [3.05, 3.63) is 29.3 Å². The van der Waals surface area contributed by atoms with Gasteiger partial charge < -0.3 is 15.2 Å². The first-order chi connectivity index (χ1) is 7.22. The van der Waals surface area contributed by atoms with E-state index >= 15 is 0 Å². The lowest BCUT2D eigenvalue weighted by Gasteiger charge is -2.16. The number of aryl methyl sites for hydroxylation is 1. The summed E-state index contributed by atoms with van der Waals surface area (Å²) in [4.78, 5) is 0. The van der Waals surface area contributed by atoms with Gasteiger partial charge in [-0.15, -0.1) is 0 Å². The zero-order valence-corrected chi connectivity index (χ0v) is 9.58. The minimum Gasteiger partial charge on any atom is -0.496 e. The van der Waals surface area contributed by atoms with Crippen LogP contribution < -0.4 is 10.1 Å². The molecule has 0 spiro atoms. The van der Waals surface area contributed by atoms with Gasteiger partial charge in [0.05, 0.1) is 7.11 Å². The molecule has 0 aliphatic carbocycles. The second kappa shape index (κ2) is 5.73. The molecule has 1 unspecified atom stereocenters. The van der Waals surface area contributed by atoms with Gasteiger partial charge in [-0.1, -0.05) is 12.1 Å². The molecule has 0 fully saturated rings. The van der Waals surface area contributed by atoms with E-state index in [0.29, 0.717) is 0 Å². The van der Waals surface area contributed by atoms with E-state index < -0.39 is 0 Å². The topological polar surface area (TPSA) is 41.5 Å². The molecule has 1 aromatic carbocycles. The fourth-order valence-corrected chi connectivity index (χ4v) is 1.73. The number of aliphatic hydroxyl groups is 1. The Bertz CT molecular complexity index is 312. The highest BCUT2D eigenvalue weighted by molar-refractivity contribution is 5.37. The van der Waals surface area contributed by atoms with E-state index in [2.05, 4.69) is 11.4 Å². The summed E-state index contributed by atoms with van der Waals surface area (Å²) in [7, 11) is 3.57. The molecule has 0 heterocycles. The van der Waals surface area contributed by atoms with Gasteiger partial charge in [-0.2, -0.15) is 0 Å². The Hall–Kier alpha value is -1.06. The fourth-order valence-electron chi connectivity index (χ4n) is 1.73. The summed E-state index contributed by atoms with van der Waals surface area (Å²) in [5.41, 5.74) is 2.30. The smallest absolute Gasteiger partial charge is 0.121 e. The summed E-state index contributed by atoms with van der Waals surface area (Å²) in [5.74, 6) is 0.901. The van der Waals surface area contributed by atoms with Crippen molar-refractivity contribution in [2.45, 2.75) is 19.4 Å². The van der Waals surface area contributed by atoms with Gasteiger partial charge in [0.2, 0.25) is 0 Å². The Morgan fingerprint density at radius 3 is 2.67 bits per heavy atom. The molecule has 0 aliphatic rings. The molecule has 3 nitrogen and oxygen atoms in total. The van der Waals surface area contributed by atoms with Gasteiger partial charge in [0.25, 0.3) is 0 Å². The van der Waals surface area contributed by atoms with E-state index in [4.69, 9.17) is 9.84 Å². The van der Waals surface area contributed by atoms with Crippen LogP contribution in [0.1, 0.15) is 23.6 Å². The third-order valence-corrected chi connectivity index (χ3v) is 2.59. The van der Waals surface area contributed by atoms with Crippen LogP contribution in [-0.4, -0.2) is 25.9 Å². The van der Waals surface area contributed by atoms with Crippen LogP contribution in [0, 0.1) is 6.92 Å². The zero-order chi connectivity index (χ0) is 11.3.